The molecule has 0 aliphatic carbocycles. The Labute approximate surface area is 203 Å². The molecule has 0 unspecified atom stereocenters. The summed E-state index contributed by atoms with van der Waals surface area (Å²) < 4.78 is 21.4. The molecule has 10 nitrogen and oxygen atoms in total. The Hall–Kier alpha value is -2.57. The van der Waals surface area contributed by atoms with E-state index in [4.69, 9.17) is 18.9 Å². The molecule has 2 aliphatic rings. The third kappa shape index (κ3) is 6.27. The van der Waals surface area contributed by atoms with Crippen molar-refractivity contribution in [1.29, 1.82) is 0 Å². The van der Waals surface area contributed by atoms with Gasteiger partial charge in [0.2, 0.25) is 5.91 Å². The van der Waals surface area contributed by atoms with E-state index in [-0.39, 0.29) is 30.6 Å². The van der Waals surface area contributed by atoms with Crippen molar-refractivity contribution in [1.82, 2.24) is 9.80 Å². The van der Waals surface area contributed by atoms with Gasteiger partial charge in [0, 0.05) is 13.1 Å². The van der Waals surface area contributed by atoms with Gasteiger partial charge in [-0.05, 0) is 58.4 Å². The molecule has 0 spiro atoms. The zero-order valence-corrected chi connectivity index (χ0v) is 20.5. The summed E-state index contributed by atoms with van der Waals surface area (Å²) in [5.74, 6) is -0.733. The molecule has 0 radical (unpaired) electrons. The molecule has 33 heavy (non-hydrogen) atoms. The molecule has 0 bridgehead atoms. The molecule has 1 aromatic carbocycles. The maximum Gasteiger partial charge on any atom is 0.344 e. The number of ether oxygens (including phenoxy) is 4. The molecular weight excluding hydrogens is 520 g/mol. The highest BCUT2D eigenvalue weighted by Crippen LogP contribution is 2.39. The van der Waals surface area contributed by atoms with E-state index < -0.39 is 17.1 Å². The fraction of sp³-hybridized carbons (Fsp3) is 0.429. The topological polar surface area (TPSA) is 112 Å². The Balaban J connectivity index is 1.73. The fourth-order valence-electron chi connectivity index (χ4n) is 3.13. The smallest absolute Gasteiger partial charge is 0.344 e. The average Bonchev–Trinajstić information content (AvgIpc) is 3.06. The van der Waals surface area contributed by atoms with E-state index in [2.05, 4.69) is 15.9 Å². The lowest BCUT2D eigenvalue weighted by Gasteiger charge is -2.28. The van der Waals surface area contributed by atoms with Crippen LogP contribution in [0.5, 0.6) is 11.5 Å². The number of halogens is 1. The number of morpholine rings is 1. The summed E-state index contributed by atoms with van der Waals surface area (Å²) >= 11 is 4.14. The predicted molar refractivity (Wildman–Crippen MR) is 123 cm³/mol. The van der Waals surface area contributed by atoms with Crippen LogP contribution in [0.25, 0.3) is 6.08 Å². The first-order valence-electron chi connectivity index (χ1n) is 10.1. The lowest BCUT2D eigenvalue weighted by molar-refractivity contribution is -0.145. The summed E-state index contributed by atoms with van der Waals surface area (Å²) in [7, 11) is 1.44. The van der Waals surface area contributed by atoms with Crippen LogP contribution in [0.4, 0.5) is 4.79 Å². The van der Waals surface area contributed by atoms with Crippen molar-refractivity contribution in [2.24, 2.45) is 0 Å². The molecule has 2 saturated heterocycles. The fourth-order valence-corrected chi connectivity index (χ4v) is 4.55. The van der Waals surface area contributed by atoms with Crippen molar-refractivity contribution >= 4 is 56.8 Å². The van der Waals surface area contributed by atoms with Gasteiger partial charge < -0.3 is 23.8 Å². The number of thioether (sulfide) groups is 1. The van der Waals surface area contributed by atoms with E-state index in [1.54, 1.807) is 24.0 Å². The van der Waals surface area contributed by atoms with E-state index in [0.29, 0.717) is 47.8 Å². The third-order valence-electron chi connectivity index (χ3n) is 4.72. The molecule has 3 amide bonds. The minimum Gasteiger partial charge on any atom is -0.493 e. The zero-order valence-electron chi connectivity index (χ0n) is 18.1. The van der Waals surface area contributed by atoms with Gasteiger partial charge in [-0.25, -0.2) is 4.79 Å². The number of hydrogen-bond donors (Lipinski definition) is 0. The first-order chi connectivity index (χ1) is 15.8. The normalized spacial score (nSPS) is 17.5. The molecule has 0 aromatic heterocycles. The Morgan fingerprint density at radius 3 is 2.64 bits per heavy atom. The van der Waals surface area contributed by atoms with Crippen LogP contribution in [0.2, 0.25) is 0 Å². The van der Waals surface area contributed by atoms with Gasteiger partial charge in [-0.1, -0.05) is 0 Å². The van der Waals surface area contributed by atoms with Crippen molar-refractivity contribution in [2.45, 2.75) is 6.92 Å². The number of nitrogens with zero attached hydrogens (tertiary/aromatic N) is 2. The summed E-state index contributed by atoms with van der Waals surface area (Å²) in [5.41, 5.74) is 0.562. The van der Waals surface area contributed by atoms with Crippen LogP contribution in [0, 0.1) is 0 Å². The second kappa shape index (κ2) is 11.5. The SMILES string of the molecule is CCOC(=O)COc1c(Br)cc(/C=C2\SC(=O)N(CC(=O)N3CCOCC3)C2=O)cc1OC. The van der Waals surface area contributed by atoms with Gasteiger partial charge in [0.15, 0.2) is 18.1 Å². The Morgan fingerprint density at radius 1 is 1.24 bits per heavy atom. The quantitative estimate of drug-likeness (QED) is 0.360. The van der Waals surface area contributed by atoms with Crippen molar-refractivity contribution < 1.29 is 38.1 Å². The summed E-state index contributed by atoms with van der Waals surface area (Å²) in [6.07, 6.45) is 1.53. The second-order valence-corrected chi connectivity index (χ2v) is 8.74. The van der Waals surface area contributed by atoms with Crippen LogP contribution in [-0.2, 0) is 23.9 Å². The molecule has 12 heteroatoms. The highest BCUT2D eigenvalue weighted by atomic mass is 79.9. The van der Waals surface area contributed by atoms with E-state index in [1.165, 1.54) is 13.2 Å². The third-order valence-corrected chi connectivity index (χ3v) is 6.22. The number of benzene rings is 1. The molecule has 0 N–H and O–H groups in total. The number of imide groups is 1. The highest BCUT2D eigenvalue weighted by molar-refractivity contribution is 9.10. The van der Waals surface area contributed by atoms with E-state index in [0.717, 1.165) is 16.7 Å². The predicted octanol–water partition coefficient (Wildman–Crippen LogP) is 2.29. The van der Waals surface area contributed by atoms with Gasteiger partial charge >= 0.3 is 5.97 Å². The van der Waals surface area contributed by atoms with Gasteiger partial charge in [-0.15, -0.1) is 0 Å². The molecule has 0 saturated carbocycles. The van der Waals surface area contributed by atoms with Gasteiger partial charge in [-0.3, -0.25) is 19.3 Å². The van der Waals surface area contributed by atoms with Crippen LogP contribution < -0.4 is 9.47 Å². The number of carbonyl (C=O) groups excluding carboxylic acids is 4. The maximum atomic E-state index is 12.8. The monoisotopic (exact) mass is 542 g/mol. The lowest BCUT2D eigenvalue weighted by Crippen LogP contribution is -2.46. The van der Waals surface area contributed by atoms with Crippen LogP contribution in [0.1, 0.15) is 12.5 Å². The molecule has 2 heterocycles. The minimum absolute atomic E-state index is 0.184. The zero-order chi connectivity index (χ0) is 24.0. The number of rotatable bonds is 8. The van der Waals surface area contributed by atoms with E-state index in [9.17, 15) is 19.2 Å². The second-order valence-electron chi connectivity index (χ2n) is 6.89. The molecule has 2 fully saturated rings. The first kappa shape index (κ1) is 25.1. The van der Waals surface area contributed by atoms with Gasteiger partial charge in [-0.2, -0.15) is 0 Å². The summed E-state index contributed by atoms with van der Waals surface area (Å²) in [6, 6.07) is 3.27. The Morgan fingerprint density at radius 2 is 1.97 bits per heavy atom. The number of hydrogen-bond acceptors (Lipinski definition) is 9. The van der Waals surface area contributed by atoms with Crippen LogP contribution in [0.3, 0.4) is 0 Å². The Kier molecular flexibility index (Phi) is 8.75. The maximum absolute atomic E-state index is 12.8. The Bertz CT molecular complexity index is 977. The van der Waals surface area contributed by atoms with Crippen molar-refractivity contribution in [3.05, 3.63) is 27.1 Å². The van der Waals surface area contributed by atoms with Gasteiger partial charge in [0.1, 0.15) is 6.54 Å². The number of amides is 3. The molecule has 2 aliphatic heterocycles. The van der Waals surface area contributed by atoms with Crippen LogP contribution in [0.15, 0.2) is 21.5 Å². The average molecular weight is 543 g/mol. The summed E-state index contributed by atoms with van der Waals surface area (Å²) in [6.45, 7) is 3.07. The number of carbonyl (C=O) groups is 4. The van der Waals surface area contributed by atoms with E-state index in [1.807, 2.05) is 0 Å². The molecule has 178 valence electrons. The lowest BCUT2D eigenvalue weighted by atomic mass is 10.2. The van der Waals surface area contributed by atoms with Crippen molar-refractivity contribution in [3.8, 4) is 11.5 Å². The number of methoxy groups -OCH3 is 1. The van der Waals surface area contributed by atoms with Crippen LogP contribution in [-0.4, -0.2) is 86.0 Å². The molecule has 1 aromatic rings. The van der Waals surface area contributed by atoms with E-state index >= 15 is 0 Å². The summed E-state index contributed by atoms with van der Waals surface area (Å²) in [5, 5.41) is -0.506. The summed E-state index contributed by atoms with van der Waals surface area (Å²) in [4.78, 5) is 51.9. The largest absolute Gasteiger partial charge is 0.493 e. The standard InChI is InChI=1S/C21H23BrN2O8S/c1-3-31-18(26)12-32-19-14(22)8-13(9-15(19)29-2)10-16-20(27)24(21(28)33-16)11-17(25)23-4-6-30-7-5-23/h8-10H,3-7,11-12H2,1-2H3/b16-10-. The molecule has 3 rings (SSSR count). The molecule has 0 atom stereocenters. The van der Waals surface area contributed by atoms with Crippen molar-refractivity contribution in [2.75, 3.05) is 53.2 Å². The highest BCUT2D eigenvalue weighted by Gasteiger charge is 2.37. The van der Waals surface area contributed by atoms with Gasteiger partial charge in [0.05, 0.1) is 36.3 Å². The minimum atomic E-state index is -0.538. The van der Waals surface area contributed by atoms with Crippen LogP contribution >= 0.6 is 27.7 Å². The number of esters is 1. The van der Waals surface area contributed by atoms with Crippen molar-refractivity contribution in [3.63, 3.8) is 0 Å². The molecular formula is C21H23BrN2O8S. The van der Waals surface area contributed by atoms with Gasteiger partial charge in [0.25, 0.3) is 11.1 Å². The first-order valence-corrected chi connectivity index (χ1v) is 11.7.